The van der Waals surface area contributed by atoms with Crippen molar-refractivity contribution < 1.29 is 9.84 Å². The second-order valence-corrected chi connectivity index (χ2v) is 6.67. The van der Waals surface area contributed by atoms with Crippen LogP contribution in [0.2, 0.25) is 5.02 Å². The lowest BCUT2D eigenvalue weighted by Gasteiger charge is -2.14. The van der Waals surface area contributed by atoms with Crippen LogP contribution in [0.3, 0.4) is 0 Å². The third-order valence-corrected chi connectivity index (χ3v) is 4.20. The first-order valence-electron chi connectivity index (χ1n) is 8.19. The molecule has 3 rings (SSSR count). The summed E-state index contributed by atoms with van der Waals surface area (Å²) in [5.74, 6) is 6.06. The summed E-state index contributed by atoms with van der Waals surface area (Å²) in [5.41, 5.74) is -0.625. The van der Waals surface area contributed by atoms with Gasteiger partial charge in [-0.3, -0.25) is 4.79 Å². The van der Waals surface area contributed by atoms with E-state index >= 15 is 0 Å². The van der Waals surface area contributed by atoms with Crippen LogP contribution in [-0.4, -0.2) is 29.5 Å². The molecule has 28 heavy (non-hydrogen) atoms. The SMILES string of the molecule is Cc1nc(-n2ncc(=O)n(N)c2=O)cc(Cl)c1Oc1cnc(O)c(C(C)C)c1. The fourth-order valence-corrected chi connectivity index (χ4v) is 2.74. The van der Waals surface area contributed by atoms with Gasteiger partial charge in [-0.15, -0.1) is 0 Å². The standard InChI is InChI=1S/C17H17ClN6O4/c1-8(2)11-4-10(6-20-16(11)26)28-15-9(3)22-13(5-12(15)18)24-17(27)23(19)14(25)7-21-24/h4-8H,19H2,1-3H3,(H,20,26). The van der Waals surface area contributed by atoms with Gasteiger partial charge >= 0.3 is 5.69 Å². The Morgan fingerprint density at radius 1 is 1.25 bits per heavy atom. The number of nitrogens with zero attached hydrogens (tertiary/aromatic N) is 5. The molecule has 3 aromatic heterocycles. The van der Waals surface area contributed by atoms with Crippen molar-refractivity contribution in [3.05, 3.63) is 61.6 Å². The van der Waals surface area contributed by atoms with Crippen molar-refractivity contribution in [1.29, 1.82) is 0 Å². The molecule has 0 amide bonds. The van der Waals surface area contributed by atoms with Gasteiger partial charge in [0.1, 0.15) is 11.9 Å². The molecule has 0 saturated heterocycles. The lowest BCUT2D eigenvalue weighted by molar-refractivity contribution is 0.431. The van der Waals surface area contributed by atoms with Gasteiger partial charge in [0.15, 0.2) is 11.6 Å². The van der Waals surface area contributed by atoms with E-state index in [4.69, 9.17) is 22.2 Å². The minimum Gasteiger partial charge on any atom is -0.493 e. The van der Waals surface area contributed by atoms with Gasteiger partial charge in [0, 0.05) is 11.6 Å². The molecule has 146 valence electrons. The summed E-state index contributed by atoms with van der Waals surface area (Å²) in [4.78, 5) is 31.7. The van der Waals surface area contributed by atoms with Crippen molar-refractivity contribution >= 4 is 11.6 Å². The summed E-state index contributed by atoms with van der Waals surface area (Å²) in [7, 11) is 0. The Bertz CT molecular complexity index is 1150. The first-order valence-corrected chi connectivity index (χ1v) is 8.57. The van der Waals surface area contributed by atoms with Crippen LogP contribution in [0.5, 0.6) is 17.4 Å². The molecule has 3 aromatic rings. The topological polar surface area (TPSA) is 138 Å². The molecule has 10 nitrogen and oxygen atoms in total. The van der Waals surface area contributed by atoms with Crippen LogP contribution in [0.15, 0.2) is 34.1 Å². The Balaban J connectivity index is 2.02. The lowest BCUT2D eigenvalue weighted by Crippen LogP contribution is -2.44. The summed E-state index contributed by atoms with van der Waals surface area (Å²) in [6.07, 6.45) is 2.26. The van der Waals surface area contributed by atoms with Crippen LogP contribution in [0.1, 0.15) is 31.0 Å². The number of nitrogen functional groups attached to an aromatic ring is 1. The normalized spacial score (nSPS) is 11.0. The number of aromatic nitrogens is 5. The van der Waals surface area contributed by atoms with Gasteiger partial charge in [0.05, 0.1) is 16.9 Å². The van der Waals surface area contributed by atoms with Crippen LogP contribution in [-0.2, 0) is 0 Å². The minimum atomic E-state index is -0.867. The Morgan fingerprint density at radius 2 is 1.96 bits per heavy atom. The molecule has 0 aliphatic carbocycles. The maximum atomic E-state index is 12.1. The maximum absolute atomic E-state index is 12.1. The molecule has 0 fully saturated rings. The van der Waals surface area contributed by atoms with Gasteiger partial charge in [-0.25, -0.2) is 14.8 Å². The van der Waals surface area contributed by atoms with E-state index in [1.807, 2.05) is 13.8 Å². The molecule has 0 aliphatic heterocycles. The number of hydrogen-bond acceptors (Lipinski definition) is 8. The third-order valence-electron chi connectivity index (χ3n) is 3.92. The highest BCUT2D eigenvalue weighted by Gasteiger charge is 2.16. The van der Waals surface area contributed by atoms with Crippen LogP contribution in [0.25, 0.3) is 5.82 Å². The zero-order valence-corrected chi connectivity index (χ0v) is 16.0. The number of aryl methyl sites for hydroxylation is 1. The fourth-order valence-electron chi connectivity index (χ4n) is 2.46. The molecule has 0 aromatic carbocycles. The van der Waals surface area contributed by atoms with Gasteiger partial charge in [-0.1, -0.05) is 25.4 Å². The van der Waals surface area contributed by atoms with E-state index in [-0.39, 0.29) is 28.4 Å². The average Bonchev–Trinajstić information content (AvgIpc) is 2.63. The molecule has 11 heteroatoms. The lowest BCUT2D eigenvalue weighted by atomic mass is 10.1. The number of hydrogen-bond donors (Lipinski definition) is 2. The van der Waals surface area contributed by atoms with Gasteiger partial charge in [0.2, 0.25) is 5.88 Å². The predicted molar refractivity (Wildman–Crippen MR) is 102 cm³/mol. The minimum absolute atomic E-state index is 0.0398. The van der Waals surface area contributed by atoms with Crippen LogP contribution < -0.4 is 21.8 Å². The molecule has 0 spiro atoms. The Morgan fingerprint density at radius 3 is 2.61 bits per heavy atom. The number of rotatable bonds is 4. The highest BCUT2D eigenvalue weighted by molar-refractivity contribution is 6.32. The van der Waals surface area contributed by atoms with Crippen LogP contribution in [0, 0.1) is 6.92 Å². The van der Waals surface area contributed by atoms with Gasteiger partial charge in [-0.2, -0.15) is 14.5 Å². The van der Waals surface area contributed by atoms with Gasteiger partial charge < -0.3 is 15.7 Å². The molecular weight excluding hydrogens is 388 g/mol. The van der Waals surface area contributed by atoms with Crippen LogP contribution in [0.4, 0.5) is 0 Å². The van der Waals surface area contributed by atoms with Crippen molar-refractivity contribution in [1.82, 2.24) is 24.4 Å². The summed E-state index contributed by atoms with van der Waals surface area (Å²) < 4.78 is 7.06. The van der Waals surface area contributed by atoms with E-state index < -0.39 is 11.2 Å². The zero-order valence-electron chi connectivity index (χ0n) is 15.3. The summed E-state index contributed by atoms with van der Waals surface area (Å²) >= 11 is 6.31. The first-order chi connectivity index (χ1) is 13.2. The van der Waals surface area contributed by atoms with E-state index in [2.05, 4.69) is 15.1 Å². The second-order valence-electron chi connectivity index (χ2n) is 6.26. The van der Waals surface area contributed by atoms with E-state index in [0.717, 1.165) is 10.9 Å². The molecule has 3 N–H and O–H groups in total. The van der Waals surface area contributed by atoms with Crippen molar-refractivity contribution in [2.45, 2.75) is 26.7 Å². The first kappa shape index (κ1) is 19.4. The highest BCUT2D eigenvalue weighted by Crippen LogP contribution is 2.35. The number of halogens is 1. The largest absolute Gasteiger partial charge is 0.493 e. The monoisotopic (exact) mass is 404 g/mol. The number of pyridine rings is 2. The molecule has 0 unspecified atom stereocenters. The van der Waals surface area contributed by atoms with Gasteiger partial charge in [0.25, 0.3) is 5.56 Å². The molecule has 0 saturated carbocycles. The molecule has 3 heterocycles. The summed E-state index contributed by atoms with van der Waals surface area (Å²) in [5, 5.41) is 13.7. The fraction of sp³-hybridized carbons (Fsp3) is 0.235. The average molecular weight is 405 g/mol. The van der Waals surface area contributed by atoms with Crippen molar-refractivity contribution in [2.75, 3.05) is 5.84 Å². The Hall–Kier alpha value is -3.40. The zero-order chi connectivity index (χ0) is 20.6. The molecular formula is C17H17ClN6O4. The van der Waals surface area contributed by atoms with E-state index in [1.165, 1.54) is 12.3 Å². The van der Waals surface area contributed by atoms with Crippen molar-refractivity contribution in [3.8, 4) is 23.2 Å². The van der Waals surface area contributed by atoms with Crippen molar-refractivity contribution in [2.24, 2.45) is 0 Å². The molecule has 0 bridgehead atoms. The van der Waals surface area contributed by atoms with E-state index in [9.17, 15) is 14.7 Å². The van der Waals surface area contributed by atoms with Crippen molar-refractivity contribution in [3.63, 3.8) is 0 Å². The Kier molecular flexibility index (Phi) is 5.06. The molecule has 0 radical (unpaired) electrons. The highest BCUT2D eigenvalue weighted by atomic mass is 35.5. The summed E-state index contributed by atoms with van der Waals surface area (Å²) in [6, 6.07) is 3.02. The summed E-state index contributed by atoms with van der Waals surface area (Å²) in [6.45, 7) is 5.46. The smallest absolute Gasteiger partial charge is 0.372 e. The molecule has 0 atom stereocenters. The van der Waals surface area contributed by atoms with E-state index in [1.54, 1.807) is 13.0 Å². The Labute approximate surface area is 163 Å². The van der Waals surface area contributed by atoms with Gasteiger partial charge in [-0.05, 0) is 18.9 Å². The second kappa shape index (κ2) is 7.31. The molecule has 0 aliphatic rings. The quantitative estimate of drug-likeness (QED) is 0.623. The van der Waals surface area contributed by atoms with Crippen LogP contribution >= 0.6 is 11.6 Å². The van der Waals surface area contributed by atoms with E-state index in [0.29, 0.717) is 21.7 Å². The number of aromatic hydroxyl groups is 1. The number of ether oxygens (including phenoxy) is 1. The number of nitrogens with two attached hydrogens (primary N) is 1. The third kappa shape index (κ3) is 3.54. The predicted octanol–water partition coefficient (Wildman–Crippen LogP) is 1.48. The maximum Gasteiger partial charge on any atom is 0.372 e.